The van der Waals surface area contributed by atoms with E-state index < -0.39 is 19.0 Å². The molecule has 0 rings (SSSR count). The highest BCUT2D eigenvalue weighted by molar-refractivity contribution is 4.50. The Labute approximate surface area is 40.6 Å². The zero-order chi connectivity index (χ0) is 5.86. The molecule has 1 atom stereocenters. The average Bonchev–Trinajstić information content (AvgIpc) is 1.65. The number of rotatable bonds is 2. The van der Waals surface area contributed by atoms with E-state index in [9.17, 15) is 0 Å². The highest BCUT2D eigenvalue weighted by Crippen LogP contribution is 1.83. The van der Waals surface area contributed by atoms with Crippen LogP contribution >= 0.6 is 0 Å². The van der Waals surface area contributed by atoms with Crippen LogP contribution in [0.25, 0.3) is 0 Å². The third-order valence-electron chi connectivity index (χ3n) is 0.531. The van der Waals surface area contributed by atoms with Gasteiger partial charge in [-0.25, -0.2) is 0 Å². The zero-order valence-electron chi connectivity index (χ0n) is 3.65. The third-order valence-corrected chi connectivity index (χ3v) is 0.531. The fourth-order valence-electron chi connectivity index (χ4n) is 0.0943. The Morgan fingerprint density at radius 3 is 1.57 bits per heavy atom. The van der Waals surface area contributed by atoms with Crippen molar-refractivity contribution < 1.29 is 20.4 Å². The van der Waals surface area contributed by atoms with Crippen molar-refractivity contribution in [3.63, 3.8) is 0 Å². The molecule has 0 aromatic rings. The van der Waals surface area contributed by atoms with Gasteiger partial charge in [0.25, 0.3) is 0 Å². The molecular formula is C3H8O4. The summed E-state index contributed by atoms with van der Waals surface area (Å²) in [5.41, 5.74) is 0. The summed E-state index contributed by atoms with van der Waals surface area (Å²) in [5.74, 6) is 0. The minimum atomic E-state index is -1.83. The summed E-state index contributed by atoms with van der Waals surface area (Å²) in [5, 5.41) is 32.1. The molecule has 0 radical (unpaired) electrons. The molecule has 0 aliphatic heterocycles. The van der Waals surface area contributed by atoms with Gasteiger partial charge in [-0.2, -0.15) is 0 Å². The minimum Gasteiger partial charge on any atom is -0.393 e. The van der Waals surface area contributed by atoms with Crippen LogP contribution in [0.4, 0.5) is 0 Å². The molecule has 0 aliphatic rings. The first-order valence-corrected chi connectivity index (χ1v) is 1.83. The van der Waals surface area contributed by atoms with Gasteiger partial charge in [-0.1, -0.05) is 0 Å². The van der Waals surface area contributed by atoms with Crippen LogP contribution in [0, 0.1) is 0 Å². The average molecular weight is 108 g/mol. The highest BCUT2D eigenvalue weighted by atomic mass is 16.5. The fourth-order valence-corrected chi connectivity index (χ4v) is 0.0943. The van der Waals surface area contributed by atoms with Crippen LogP contribution < -0.4 is 0 Å². The van der Waals surface area contributed by atoms with Crippen molar-refractivity contribution in [3.05, 3.63) is 0 Å². The molecule has 0 fully saturated rings. The maximum atomic E-state index is 8.19. The van der Waals surface area contributed by atoms with E-state index in [1.165, 1.54) is 0 Å². The van der Waals surface area contributed by atoms with Crippen molar-refractivity contribution in [2.45, 2.75) is 12.4 Å². The van der Waals surface area contributed by atoms with E-state index in [4.69, 9.17) is 20.4 Å². The lowest BCUT2D eigenvalue weighted by molar-refractivity contribution is -0.134. The smallest absolute Gasteiger partial charge is 0.180 e. The molecule has 0 aromatic carbocycles. The van der Waals surface area contributed by atoms with Crippen LogP contribution in [0.3, 0.4) is 0 Å². The molecule has 0 unspecified atom stereocenters. The summed E-state index contributed by atoms with van der Waals surface area (Å²) in [6.07, 6.45) is -3.26. The predicted octanol–water partition coefficient (Wildman–Crippen LogP) is -2.35. The summed E-state index contributed by atoms with van der Waals surface area (Å²) in [7, 11) is 0. The normalized spacial score (nSPS) is 15.0. The van der Waals surface area contributed by atoms with Crippen molar-refractivity contribution in [1.29, 1.82) is 0 Å². The lowest BCUT2D eigenvalue weighted by atomic mass is 10.4. The lowest BCUT2D eigenvalue weighted by Crippen LogP contribution is -2.28. The topological polar surface area (TPSA) is 80.9 Å². The molecule has 4 nitrogen and oxygen atoms in total. The van der Waals surface area contributed by atoms with Crippen molar-refractivity contribution >= 4 is 0 Å². The summed E-state index contributed by atoms with van der Waals surface area (Å²) in [6, 6.07) is 0. The second kappa shape index (κ2) is 2.92. The molecule has 0 amide bonds. The van der Waals surface area contributed by atoms with Crippen LogP contribution in [0.5, 0.6) is 0 Å². The monoisotopic (exact) mass is 108 g/mol. The van der Waals surface area contributed by atoms with Crippen LogP contribution in [0.2, 0.25) is 0 Å². The van der Waals surface area contributed by atoms with E-state index in [0.717, 1.165) is 0 Å². The lowest BCUT2D eigenvalue weighted by Gasteiger charge is -2.06. The molecule has 4 heteroatoms. The molecule has 0 saturated heterocycles. The van der Waals surface area contributed by atoms with Gasteiger partial charge in [-0.05, 0) is 0 Å². The molecule has 4 N–H and O–H groups in total. The van der Waals surface area contributed by atoms with E-state index in [2.05, 4.69) is 0 Å². The summed E-state index contributed by atoms with van der Waals surface area (Å²) in [4.78, 5) is 0. The zero-order valence-corrected chi connectivity index (χ0v) is 3.65. The van der Waals surface area contributed by atoms with Crippen molar-refractivity contribution in [1.82, 2.24) is 0 Å². The van der Waals surface area contributed by atoms with E-state index in [-0.39, 0.29) is 0 Å². The quantitative estimate of drug-likeness (QED) is 0.298. The minimum absolute atomic E-state index is 0.627. The summed E-state index contributed by atoms with van der Waals surface area (Å²) in [6.45, 7) is -0.627. The first kappa shape index (κ1) is 6.84. The van der Waals surface area contributed by atoms with Gasteiger partial charge in [0.05, 0.1) is 6.61 Å². The summed E-state index contributed by atoms with van der Waals surface area (Å²) < 4.78 is 0. The van der Waals surface area contributed by atoms with Gasteiger partial charge in [0.15, 0.2) is 6.29 Å². The van der Waals surface area contributed by atoms with Crippen molar-refractivity contribution in [3.8, 4) is 0 Å². The Morgan fingerprint density at radius 2 is 1.57 bits per heavy atom. The Kier molecular flexibility index (Phi) is 2.86. The third kappa shape index (κ3) is 2.52. The number of aliphatic hydroxyl groups excluding tert-OH is 3. The van der Waals surface area contributed by atoms with Gasteiger partial charge >= 0.3 is 0 Å². The first-order chi connectivity index (χ1) is 3.18. The molecule has 0 saturated carbocycles. The molecule has 0 spiro atoms. The Hall–Kier alpha value is -0.160. The van der Waals surface area contributed by atoms with Crippen LogP contribution in [0.1, 0.15) is 0 Å². The number of hydrogen-bond donors (Lipinski definition) is 4. The van der Waals surface area contributed by atoms with Gasteiger partial charge in [-0.3, -0.25) is 0 Å². The number of hydrogen-bond acceptors (Lipinski definition) is 4. The molecule has 0 aromatic heterocycles. The van der Waals surface area contributed by atoms with E-state index in [1.807, 2.05) is 0 Å². The molecule has 0 aliphatic carbocycles. The van der Waals surface area contributed by atoms with Gasteiger partial charge in [0.1, 0.15) is 6.10 Å². The Balaban J connectivity index is 3.14. The second-order valence-corrected chi connectivity index (χ2v) is 1.16. The SMILES string of the molecule is OC[C@@H](O)C(O)O. The van der Waals surface area contributed by atoms with E-state index in [1.54, 1.807) is 0 Å². The largest absolute Gasteiger partial charge is 0.393 e. The second-order valence-electron chi connectivity index (χ2n) is 1.16. The molecular weight excluding hydrogens is 100 g/mol. The first-order valence-electron chi connectivity index (χ1n) is 1.83. The van der Waals surface area contributed by atoms with Gasteiger partial charge in [0.2, 0.25) is 0 Å². The van der Waals surface area contributed by atoms with Crippen molar-refractivity contribution in [2.75, 3.05) is 6.61 Å². The molecule has 7 heavy (non-hydrogen) atoms. The maximum absolute atomic E-state index is 8.19. The van der Waals surface area contributed by atoms with Gasteiger partial charge in [-0.15, -0.1) is 0 Å². The van der Waals surface area contributed by atoms with Gasteiger partial charge in [0, 0.05) is 0 Å². The number of aliphatic hydroxyl groups is 4. The highest BCUT2D eigenvalue weighted by Gasteiger charge is 2.08. The predicted molar refractivity (Wildman–Crippen MR) is 21.3 cm³/mol. The standard InChI is InChI=1S/C3H8O4/c4-1-2(5)3(6)7/h2-7H,1H2/t2-/m1/s1. The van der Waals surface area contributed by atoms with Gasteiger partial charge < -0.3 is 20.4 Å². The maximum Gasteiger partial charge on any atom is 0.180 e. The Bertz CT molecular complexity index is 44.2. The van der Waals surface area contributed by atoms with Crippen molar-refractivity contribution in [2.24, 2.45) is 0 Å². The molecule has 0 heterocycles. The Morgan fingerprint density at radius 1 is 1.14 bits per heavy atom. The van der Waals surface area contributed by atoms with Crippen LogP contribution in [-0.4, -0.2) is 39.4 Å². The van der Waals surface area contributed by atoms with E-state index >= 15 is 0 Å². The molecule has 0 bridgehead atoms. The van der Waals surface area contributed by atoms with Crippen LogP contribution in [0.15, 0.2) is 0 Å². The van der Waals surface area contributed by atoms with Crippen LogP contribution in [-0.2, 0) is 0 Å². The van der Waals surface area contributed by atoms with E-state index in [0.29, 0.717) is 0 Å². The summed E-state index contributed by atoms with van der Waals surface area (Å²) >= 11 is 0. The molecule has 44 valence electrons. The fraction of sp³-hybridized carbons (Fsp3) is 1.00.